The quantitative estimate of drug-likeness (QED) is 0.593. The molecular formula is C10H16Br2. The lowest BCUT2D eigenvalue weighted by Gasteiger charge is -2.29. The van der Waals surface area contributed by atoms with Gasteiger partial charge >= 0.3 is 0 Å². The first-order valence-electron chi connectivity index (χ1n) is 4.75. The molecule has 0 spiro atoms. The van der Waals surface area contributed by atoms with E-state index in [-0.39, 0.29) is 0 Å². The lowest BCUT2D eigenvalue weighted by molar-refractivity contribution is 0.406. The third-order valence-corrected chi connectivity index (χ3v) is 8.40. The minimum Gasteiger partial charge on any atom is -0.0872 e. The van der Waals surface area contributed by atoms with Crippen molar-refractivity contribution in [3.63, 3.8) is 0 Å². The van der Waals surface area contributed by atoms with E-state index in [1.165, 1.54) is 12.8 Å². The summed E-state index contributed by atoms with van der Waals surface area (Å²) in [5.41, 5.74) is 0.506. The summed E-state index contributed by atoms with van der Waals surface area (Å²) in [5, 5.41) is 0. The zero-order valence-electron chi connectivity index (χ0n) is 7.90. The van der Waals surface area contributed by atoms with Crippen molar-refractivity contribution in [3.05, 3.63) is 0 Å². The van der Waals surface area contributed by atoms with Crippen LogP contribution >= 0.6 is 31.9 Å². The van der Waals surface area contributed by atoms with Gasteiger partial charge in [0.1, 0.15) is 0 Å². The van der Waals surface area contributed by atoms with Gasteiger partial charge in [0.05, 0.1) is 0 Å². The van der Waals surface area contributed by atoms with Gasteiger partial charge in [-0.15, -0.1) is 0 Å². The predicted octanol–water partition coefficient (Wildman–Crippen LogP) is 3.97. The Labute approximate surface area is 91.7 Å². The van der Waals surface area contributed by atoms with E-state index in [9.17, 15) is 0 Å². The van der Waals surface area contributed by atoms with Crippen LogP contribution in [0.1, 0.15) is 33.6 Å². The normalized spacial score (nSPS) is 56.2. The van der Waals surface area contributed by atoms with Crippen LogP contribution in [0.3, 0.4) is 0 Å². The SMILES string of the molecule is CC1CCC2C(C)(C)C2(Br)C1Br. The molecule has 0 bridgehead atoms. The molecule has 2 saturated carbocycles. The maximum Gasteiger partial charge on any atom is 0.0472 e. The van der Waals surface area contributed by atoms with Gasteiger partial charge in [-0.05, 0) is 30.1 Å². The van der Waals surface area contributed by atoms with Crippen molar-refractivity contribution in [2.24, 2.45) is 17.3 Å². The van der Waals surface area contributed by atoms with Crippen molar-refractivity contribution in [3.8, 4) is 0 Å². The lowest BCUT2D eigenvalue weighted by atomic mass is 9.91. The van der Waals surface area contributed by atoms with Gasteiger partial charge in [-0.3, -0.25) is 0 Å². The summed E-state index contributed by atoms with van der Waals surface area (Å²) < 4.78 is 0.400. The number of hydrogen-bond donors (Lipinski definition) is 0. The highest BCUT2D eigenvalue weighted by Gasteiger charge is 2.73. The third kappa shape index (κ3) is 0.890. The van der Waals surface area contributed by atoms with E-state index >= 15 is 0 Å². The lowest BCUT2D eigenvalue weighted by Crippen LogP contribution is -2.31. The highest BCUT2D eigenvalue weighted by atomic mass is 79.9. The molecule has 0 N–H and O–H groups in total. The summed E-state index contributed by atoms with van der Waals surface area (Å²) >= 11 is 7.79. The van der Waals surface area contributed by atoms with E-state index < -0.39 is 0 Å². The number of hydrogen-bond acceptors (Lipinski definition) is 0. The zero-order chi connectivity index (χ0) is 9.15. The van der Waals surface area contributed by atoms with Crippen LogP contribution < -0.4 is 0 Å². The summed E-state index contributed by atoms with van der Waals surface area (Å²) in [5.74, 6) is 1.72. The summed E-state index contributed by atoms with van der Waals surface area (Å²) in [6.45, 7) is 7.13. The van der Waals surface area contributed by atoms with Crippen LogP contribution in [0.4, 0.5) is 0 Å². The Morgan fingerprint density at radius 3 is 2.33 bits per heavy atom. The number of fused-ring (bicyclic) bond motifs is 1. The topological polar surface area (TPSA) is 0 Å². The first-order chi connectivity index (χ1) is 5.42. The standard InChI is InChI=1S/C10H16Br2/c1-6-4-5-7-9(2,3)10(7,12)8(6)11/h6-8H,4-5H2,1-3H3. The van der Waals surface area contributed by atoms with Crippen LogP contribution in [-0.4, -0.2) is 9.15 Å². The fourth-order valence-electron chi connectivity index (χ4n) is 2.96. The summed E-state index contributed by atoms with van der Waals surface area (Å²) in [6.07, 6.45) is 2.79. The first kappa shape index (κ1) is 9.51. The Hall–Kier alpha value is 0.960. The maximum absolute atomic E-state index is 3.95. The van der Waals surface area contributed by atoms with E-state index in [2.05, 4.69) is 52.6 Å². The van der Waals surface area contributed by atoms with E-state index in [0.717, 1.165) is 11.8 Å². The Kier molecular flexibility index (Phi) is 1.98. The Morgan fingerprint density at radius 2 is 1.83 bits per heavy atom. The second kappa shape index (κ2) is 2.50. The van der Waals surface area contributed by atoms with Crippen molar-refractivity contribution in [2.45, 2.75) is 42.8 Å². The van der Waals surface area contributed by atoms with Crippen molar-refractivity contribution in [1.82, 2.24) is 0 Å². The average molecular weight is 296 g/mol. The van der Waals surface area contributed by atoms with Gasteiger partial charge in [-0.1, -0.05) is 52.6 Å². The van der Waals surface area contributed by atoms with E-state index in [1.54, 1.807) is 0 Å². The zero-order valence-corrected chi connectivity index (χ0v) is 11.1. The summed E-state index contributed by atoms with van der Waals surface area (Å²) in [6, 6.07) is 0. The number of rotatable bonds is 0. The molecule has 12 heavy (non-hydrogen) atoms. The Bertz CT molecular complexity index is 212. The van der Waals surface area contributed by atoms with Crippen molar-refractivity contribution in [1.29, 1.82) is 0 Å². The van der Waals surface area contributed by atoms with Crippen molar-refractivity contribution < 1.29 is 0 Å². The molecule has 4 unspecified atom stereocenters. The molecule has 0 amide bonds. The van der Waals surface area contributed by atoms with Crippen molar-refractivity contribution >= 4 is 31.9 Å². The molecule has 0 radical (unpaired) electrons. The first-order valence-corrected chi connectivity index (χ1v) is 6.46. The molecule has 0 nitrogen and oxygen atoms in total. The van der Waals surface area contributed by atoms with Gasteiger partial charge in [0.25, 0.3) is 0 Å². The van der Waals surface area contributed by atoms with E-state index in [1.807, 2.05) is 0 Å². The molecule has 0 aromatic carbocycles. The summed E-state index contributed by atoms with van der Waals surface area (Å²) in [4.78, 5) is 0.666. The minimum absolute atomic E-state index is 0.400. The number of alkyl halides is 2. The molecule has 0 saturated heterocycles. The molecule has 2 aliphatic carbocycles. The molecular weight excluding hydrogens is 280 g/mol. The molecule has 2 heteroatoms. The van der Waals surface area contributed by atoms with Gasteiger partial charge in [-0.2, -0.15) is 0 Å². The predicted molar refractivity (Wildman–Crippen MR) is 60.0 cm³/mol. The molecule has 2 fully saturated rings. The second-order valence-corrected chi connectivity index (χ2v) is 7.30. The third-order valence-electron chi connectivity index (χ3n) is 4.09. The minimum atomic E-state index is 0.400. The van der Waals surface area contributed by atoms with Gasteiger partial charge < -0.3 is 0 Å². The van der Waals surface area contributed by atoms with Gasteiger partial charge in [0.15, 0.2) is 0 Å². The molecule has 70 valence electrons. The highest BCUT2D eigenvalue weighted by Crippen LogP contribution is 2.74. The van der Waals surface area contributed by atoms with E-state index in [4.69, 9.17) is 0 Å². The Balaban J connectivity index is 2.26. The van der Waals surface area contributed by atoms with Crippen LogP contribution in [0.2, 0.25) is 0 Å². The van der Waals surface area contributed by atoms with Gasteiger partial charge in [0.2, 0.25) is 0 Å². The molecule has 0 heterocycles. The van der Waals surface area contributed by atoms with Gasteiger partial charge in [-0.25, -0.2) is 0 Å². The Morgan fingerprint density at radius 1 is 1.25 bits per heavy atom. The van der Waals surface area contributed by atoms with Crippen LogP contribution in [0.25, 0.3) is 0 Å². The fraction of sp³-hybridized carbons (Fsp3) is 1.00. The maximum atomic E-state index is 3.95. The van der Waals surface area contributed by atoms with Crippen molar-refractivity contribution in [2.75, 3.05) is 0 Å². The van der Waals surface area contributed by atoms with Crippen LogP contribution in [0.15, 0.2) is 0 Å². The molecule has 4 atom stereocenters. The highest BCUT2D eigenvalue weighted by molar-refractivity contribution is 9.12. The molecule has 0 aliphatic heterocycles. The molecule has 0 aromatic heterocycles. The van der Waals surface area contributed by atoms with Crippen LogP contribution in [0, 0.1) is 17.3 Å². The van der Waals surface area contributed by atoms with Gasteiger partial charge in [0, 0.05) is 9.15 Å². The van der Waals surface area contributed by atoms with Crippen LogP contribution in [0.5, 0.6) is 0 Å². The smallest absolute Gasteiger partial charge is 0.0472 e. The monoisotopic (exact) mass is 294 g/mol. The number of halogens is 2. The molecule has 2 aliphatic rings. The largest absolute Gasteiger partial charge is 0.0872 e. The molecule has 0 aromatic rings. The second-order valence-electron chi connectivity index (χ2n) is 5.00. The average Bonchev–Trinajstić information content (AvgIpc) is 2.42. The summed E-state index contributed by atoms with van der Waals surface area (Å²) in [7, 11) is 0. The fourth-order valence-corrected chi connectivity index (χ4v) is 5.55. The van der Waals surface area contributed by atoms with Crippen LogP contribution in [-0.2, 0) is 0 Å². The molecule has 2 rings (SSSR count). The van der Waals surface area contributed by atoms with E-state index in [0.29, 0.717) is 14.6 Å².